The molecule has 1 aromatic carbocycles. The van der Waals surface area contributed by atoms with E-state index in [1.165, 1.54) is 12.1 Å². The Morgan fingerprint density at radius 1 is 1.18 bits per heavy atom. The normalized spacial score (nSPS) is 31.3. The molecule has 7 nitrogen and oxygen atoms in total. The summed E-state index contributed by atoms with van der Waals surface area (Å²) in [6.07, 6.45) is 4.17. The van der Waals surface area contributed by atoms with Crippen LogP contribution in [-0.2, 0) is 22.4 Å². The smallest absolute Gasteiger partial charge is 0.243 e. The van der Waals surface area contributed by atoms with Crippen LogP contribution in [0.4, 0.5) is 10.2 Å². The lowest BCUT2D eigenvalue weighted by Gasteiger charge is -2.30. The fraction of sp³-hybridized carbons (Fsp3) is 0.500. The molecule has 2 aliphatic heterocycles. The fourth-order valence-corrected chi connectivity index (χ4v) is 6.22. The summed E-state index contributed by atoms with van der Waals surface area (Å²) in [4.78, 5) is 33.1. The van der Waals surface area contributed by atoms with Gasteiger partial charge in [0.05, 0.1) is 12.1 Å². The number of amides is 2. The predicted octanol–water partition coefficient (Wildman–Crippen LogP) is 1.97. The number of carbonyl (C=O) groups excluding carboxylic acids is 2. The number of nitrogens with two attached hydrogens (primary N) is 1. The van der Waals surface area contributed by atoms with Crippen LogP contribution < -0.4 is 16.4 Å². The molecular weight excluding hydrogens is 433 g/mol. The van der Waals surface area contributed by atoms with Crippen molar-refractivity contribution in [1.82, 2.24) is 20.5 Å². The van der Waals surface area contributed by atoms with Crippen molar-refractivity contribution >= 4 is 17.6 Å². The number of hydrogen-bond acceptors (Lipinski definition) is 5. The van der Waals surface area contributed by atoms with Crippen LogP contribution in [0.25, 0.3) is 0 Å². The van der Waals surface area contributed by atoms with E-state index in [4.69, 9.17) is 5.73 Å². The zero-order chi connectivity index (χ0) is 23.4. The van der Waals surface area contributed by atoms with Gasteiger partial charge < -0.3 is 21.3 Å². The summed E-state index contributed by atoms with van der Waals surface area (Å²) in [7, 11) is 0. The topological polar surface area (TPSA) is 100 Å². The lowest BCUT2D eigenvalue weighted by molar-refractivity contribution is -0.141. The number of halogens is 1. The first-order chi connectivity index (χ1) is 16.5. The van der Waals surface area contributed by atoms with Gasteiger partial charge in [-0.25, -0.2) is 9.37 Å². The number of nitrogens with zero attached hydrogens (tertiary/aromatic N) is 2. The van der Waals surface area contributed by atoms with E-state index in [1.807, 2.05) is 23.1 Å². The highest BCUT2D eigenvalue weighted by Crippen LogP contribution is 2.50. The number of carbonyl (C=O) groups is 2. The first kappa shape index (κ1) is 21.5. The van der Waals surface area contributed by atoms with Crippen molar-refractivity contribution in [3.8, 4) is 0 Å². The van der Waals surface area contributed by atoms with Crippen molar-refractivity contribution in [2.75, 3.05) is 18.8 Å². The van der Waals surface area contributed by atoms with Crippen LogP contribution >= 0.6 is 0 Å². The largest absolute Gasteiger partial charge is 0.384 e. The highest BCUT2D eigenvalue weighted by Gasteiger charge is 2.57. The summed E-state index contributed by atoms with van der Waals surface area (Å²) in [5.74, 6) is 1.28. The molecule has 8 heteroatoms. The van der Waals surface area contributed by atoms with E-state index in [2.05, 4.69) is 15.6 Å². The summed E-state index contributed by atoms with van der Waals surface area (Å²) in [5.41, 5.74) is 8.87. The lowest BCUT2D eigenvalue weighted by Crippen LogP contribution is -2.53. The van der Waals surface area contributed by atoms with Crippen LogP contribution in [0, 0.1) is 23.6 Å². The maximum absolute atomic E-state index is 13.5. The maximum Gasteiger partial charge on any atom is 0.243 e. The molecule has 2 aliphatic carbocycles. The minimum Gasteiger partial charge on any atom is -0.384 e. The highest BCUT2D eigenvalue weighted by molar-refractivity contribution is 5.91. The zero-order valence-corrected chi connectivity index (χ0v) is 19.0. The SMILES string of the molecule is Nc1ccc2c(n1)CC[C@H]2NC(=O)[C@H]1[C@H]2C[C@H]2CN1C(=O)[C@H]1C[C@H](Cc2ccc(F)cc2)CN1. The predicted molar refractivity (Wildman–Crippen MR) is 125 cm³/mol. The van der Waals surface area contributed by atoms with E-state index < -0.39 is 0 Å². The molecule has 1 aromatic heterocycles. The molecule has 34 heavy (non-hydrogen) atoms. The molecule has 6 atom stereocenters. The second kappa shape index (κ2) is 8.34. The molecule has 2 amide bonds. The van der Waals surface area contributed by atoms with Gasteiger partial charge in [-0.05, 0) is 85.7 Å². The number of nitrogens with one attached hydrogen (secondary N) is 2. The van der Waals surface area contributed by atoms with E-state index in [1.54, 1.807) is 6.07 Å². The van der Waals surface area contributed by atoms with Crippen molar-refractivity contribution in [3.63, 3.8) is 0 Å². The van der Waals surface area contributed by atoms with Crippen LogP contribution in [0.3, 0.4) is 0 Å². The molecule has 2 saturated heterocycles. The summed E-state index contributed by atoms with van der Waals surface area (Å²) in [6.45, 7) is 1.42. The second-order valence-corrected chi connectivity index (χ2v) is 10.4. The van der Waals surface area contributed by atoms with Crippen molar-refractivity contribution in [2.24, 2.45) is 17.8 Å². The minimum atomic E-state index is -0.388. The Balaban J connectivity index is 1.10. The fourth-order valence-electron chi connectivity index (χ4n) is 6.22. The summed E-state index contributed by atoms with van der Waals surface area (Å²) in [5, 5.41) is 6.59. The molecule has 0 bridgehead atoms. The number of nitrogen functional groups attached to an aromatic ring is 1. The number of rotatable bonds is 5. The molecule has 1 saturated carbocycles. The summed E-state index contributed by atoms with van der Waals surface area (Å²) < 4.78 is 13.2. The van der Waals surface area contributed by atoms with Gasteiger partial charge in [-0.3, -0.25) is 9.59 Å². The average molecular weight is 464 g/mol. The lowest BCUT2D eigenvalue weighted by atomic mass is 9.96. The quantitative estimate of drug-likeness (QED) is 0.630. The maximum atomic E-state index is 13.5. The number of benzene rings is 1. The zero-order valence-electron chi connectivity index (χ0n) is 19.0. The first-order valence-corrected chi connectivity index (χ1v) is 12.3. The number of piperidine rings is 1. The third-order valence-electron chi connectivity index (χ3n) is 8.05. The van der Waals surface area contributed by atoms with Crippen molar-refractivity contribution in [3.05, 3.63) is 59.0 Å². The van der Waals surface area contributed by atoms with Gasteiger partial charge in [-0.2, -0.15) is 0 Å². The minimum absolute atomic E-state index is 0.0372. The van der Waals surface area contributed by atoms with Gasteiger partial charge in [-0.1, -0.05) is 18.2 Å². The summed E-state index contributed by atoms with van der Waals surface area (Å²) in [6, 6.07) is 9.58. The number of hydrogen-bond donors (Lipinski definition) is 3. The van der Waals surface area contributed by atoms with Gasteiger partial charge in [0.2, 0.25) is 11.8 Å². The second-order valence-electron chi connectivity index (χ2n) is 10.4. The van der Waals surface area contributed by atoms with E-state index in [0.717, 1.165) is 55.5 Å². The Kier molecular flexibility index (Phi) is 5.28. The molecule has 3 heterocycles. The van der Waals surface area contributed by atoms with Gasteiger partial charge in [0.25, 0.3) is 0 Å². The standard InChI is InChI=1S/C26H30FN5O2/c27-17-3-1-14(2-4-17)9-15-10-22(29-12-15)26(34)32-13-16-11-19(16)24(32)25(33)31-21-7-6-20-18(21)5-8-23(28)30-20/h1-5,8,15-16,19,21-22,24,29H,6-7,9-13H2,(H2,28,30)(H,31,33)/t15-,16-,19-,21+,22+,24+/m0/s1. The first-order valence-electron chi connectivity index (χ1n) is 12.3. The monoisotopic (exact) mass is 463 g/mol. The molecule has 0 spiro atoms. The van der Waals surface area contributed by atoms with Crippen LogP contribution in [-0.4, -0.2) is 46.9 Å². The molecule has 6 rings (SSSR count). The Morgan fingerprint density at radius 2 is 2.00 bits per heavy atom. The van der Waals surface area contributed by atoms with Crippen LogP contribution in [0.5, 0.6) is 0 Å². The third-order valence-corrected chi connectivity index (χ3v) is 8.05. The van der Waals surface area contributed by atoms with E-state index in [9.17, 15) is 14.0 Å². The van der Waals surface area contributed by atoms with Crippen LogP contribution in [0.1, 0.15) is 42.1 Å². The van der Waals surface area contributed by atoms with Crippen molar-refractivity contribution in [2.45, 2.75) is 50.2 Å². The van der Waals surface area contributed by atoms with Crippen molar-refractivity contribution < 1.29 is 14.0 Å². The Morgan fingerprint density at radius 3 is 2.82 bits per heavy atom. The molecule has 4 N–H and O–H groups in total. The Hall–Kier alpha value is -3.00. The molecular formula is C26H30FN5O2. The van der Waals surface area contributed by atoms with Gasteiger partial charge in [-0.15, -0.1) is 0 Å². The number of fused-ring (bicyclic) bond motifs is 2. The van der Waals surface area contributed by atoms with Gasteiger partial charge in [0.1, 0.15) is 17.7 Å². The molecule has 2 aromatic rings. The third kappa shape index (κ3) is 3.94. The number of aromatic nitrogens is 1. The summed E-state index contributed by atoms with van der Waals surface area (Å²) >= 11 is 0. The molecule has 178 valence electrons. The number of anilines is 1. The molecule has 3 fully saturated rings. The Bertz CT molecular complexity index is 1120. The van der Waals surface area contributed by atoms with E-state index in [-0.39, 0.29) is 41.7 Å². The van der Waals surface area contributed by atoms with Crippen molar-refractivity contribution in [1.29, 1.82) is 0 Å². The van der Waals surface area contributed by atoms with Crippen LogP contribution in [0.15, 0.2) is 36.4 Å². The van der Waals surface area contributed by atoms with E-state index >= 15 is 0 Å². The number of likely N-dealkylation sites (tertiary alicyclic amines) is 1. The van der Waals surface area contributed by atoms with Gasteiger partial charge in [0.15, 0.2) is 0 Å². The Labute approximate surface area is 198 Å². The average Bonchev–Trinajstić information content (AvgIpc) is 3.16. The molecule has 4 aliphatic rings. The van der Waals surface area contributed by atoms with Gasteiger partial charge >= 0.3 is 0 Å². The number of pyridine rings is 1. The van der Waals surface area contributed by atoms with E-state index in [0.29, 0.717) is 24.2 Å². The highest BCUT2D eigenvalue weighted by atomic mass is 19.1. The molecule has 0 radical (unpaired) electrons. The van der Waals surface area contributed by atoms with Gasteiger partial charge in [0, 0.05) is 12.2 Å². The molecule has 0 unspecified atom stereocenters. The number of aryl methyl sites for hydroxylation is 1. The van der Waals surface area contributed by atoms with Crippen LogP contribution in [0.2, 0.25) is 0 Å².